The lowest BCUT2D eigenvalue weighted by Gasteiger charge is -2.00. The van der Waals surface area contributed by atoms with Crippen LogP contribution in [0.4, 0.5) is 0 Å². The summed E-state index contributed by atoms with van der Waals surface area (Å²) in [7, 11) is -3.94. The third kappa shape index (κ3) is 13.3. The van der Waals surface area contributed by atoms with Crippen LogP contribution >= 0.6 is 0 Å². The van der Waals surface area contributed by atoms with E-state index in [2.05, 4.69) is 22.2 Å². The highest BCUT2D eigenvalue weighted by Gasteiger charge is 2.07. The first-order valence-corrected chi connectivity index (χ1v) is 8.37. The van der Waals surface area contributed by atoms with E-state index in [4.69, 9.17) is 0 Å². The molecular weight excluding hydrogens is 264 g/mol. The van der Waals surface area contributed by atoms with Crippen LogP contribution in [0.5, 0.6) is 0 Å². The molecule has 112 valence electrons. The van der Waals surface area contributed by atoms with Crippen LogP contribution in [0.2, 0.25) is 0 Å². The molecule has 0 amide bonds. The molecule has 0 bridgehead atoms. The Bertz CT molecular complexity index is 316. The molecule has 0 spiro atoms. The van der Waals surface area contributed by atoms with Crippen LogP contribution in [-0.4, -0.2) is 8.42 Å². The number of rotatable bonds is 12. The van der Waals surface area contributed by atoms with E-state index in [-0.39, 0.29) is 0 Å². The SMILES string of the molecule is CCCCC/C=C/OS(=O)(=O)O/C=C/CCCCC. The maximum Gasteiger partial charge on any atom is 0.499 e. The van der Waals surface area contributed by atoms with Crippen LogP contribution in [0.15, 0.2) is 24.7 Å². The monoisotopic (exact) mass is 290 g/mol. The Labute approximate surface area is 117 Å². The molecule has 0 aromatic rings. The second kappa shape index (κ2) is 12.1. The van der Waals surface area contributed by atoms with Crippen molar-refractivity contribution in [2.45, 2.75) is 65.2 Å². The first kappa shape index (κ1) is 18.0. The molecule has 0 saturated carbocycles. The maximum atomic E-state index is 11.3. The largest absolute Gasteiger partial charge is 0.499 e. The fourth-order valence-electron chi connectivity index (χ4n) is 1.40. The van der Waals surface area contributed by atoms with Crippen molar-refractivity contribution in [2.75, 3.05) is 0 Å². The zero-order chi connectivity index (χ0) is 14.4. The van der Waals surface area contributed by atoms with E-state index in [1.165, 1.54) is 12.5 Å². The molecule has 0 radical (unpaired) electrons. The van der Waals surface area contributed by atoms with Crippen LogP contribution in [0.25, 0.3) is 0 Å². The zero-order valence-corrected chi connectivity index (χ0v) is 12.8. The predicted molar refractivity (Wildman–Crippen MR) is 77.7 cm³/mol. The van der Waals surface area contributed by atoms with Crippen molar-refractivity contribution >= 4 is 10.4 Å². The van der Waals surface area contributed by atoms with Gasteiger partial charge in [-0.1, -0.05) is 39.5 Å². The molecule has 0 aliphatic rings. The molecule has 0 rings (SSSR count). The van der Waals surface area contributed by atoms with Gasteiger partial charge >= 0.3 is 10.4 Å². The number of hydrogen-bond donors (Lipinski definition) is 0. The lowest BCUT2D eigenvalue weighted by Crippen LogP contribution is -2.02. The molecule has 0 heterocycles. The van der Waals surface area contributed by atoms with Crippen molar-refractivity contribution in [3.63, 3.8) is 0 Å². The van der Waals surface area contributed by atoms with Crippen molar-refractivity contribution in [1.29, 1.82) is 0 Å². The zero-order valence-electron chi connectivity index (χ0n) is 12.0. The Morgan fingerprint density at radius 3 is 1.58 bits per heavy atom. The maximum absolute atomic E-state index is 11.3. The van der Waals surface area contributed by atoms with Gasteiger partial charge < -0.3 is 8.37 Å². The Kier molecular flexibility index (Phi) is 11.5. The van der Waals surface area contributed by atoms with Crippen LogP contribution in [0.1, 0.15) is 65.2 Å². The molecule has 0 aromatic carbocycles. The van der Waals surface area contributed by atoms with Gasteiger partial charge in [0.25, 0.3) is 0 Å². The quantitative estimate of drug-likeness (QED) is 0.393. The molecule has 0 atom stereocenters. The Balaban J connectivity index is 3.73. The van der Waals surface area contributed by atoms with E-state index >= 15 is 0 Å². The van der Waals surface area contributed by atoms with E-state index in [0.717, 1.165) is 51.4 Å². The minimum absolute atomic E-state index is 0.816. The summed E-state index contributed by atoms with van der Waals surface area (Å²) in [6.07, 6.45) is 14.0. The summed E-state index contributed by atoms with van der Waals surface area (Å²) < 4.78 is 31.6. The van der Waals surface area contributed by atoms with Crippen LogP contribution in [0, 0.1) is 0 Å². The molecule has 19 heavy (non-hydrogen) atoms. The molecule has 0 N–H and O–H groups in total. The molecule has 0 aliphatic heterocycles. The number of hydrogen-bond acceptors (Lipinski definition) is 4. The van der Waals surface area contributed by atoms with Gasteiger partial charge in [0, 0.05) is 0 Å². The van der Waals surface area contributed by atoms with E-state index in [1.807, 2.05) is 0 Å². The highest BCUT2D eigenvalue weighted by Crippen LogP contribution is 2.04. The Hall–Kier alpha value is -0.970. The minimum atomic E-state index is -3.94. The fourth-order valence-corrected chi connectivity index (χ4v) is 1.87. The lowest BCUT2D eigenvalue weighted by molar-refractivity contribution is 0.334. The molecule has 0 fully saturated rings. The molecular formula is C14H26O4S. The molecule has 4 nitrogen and oxygen atoms in total. The van der Waals surface area contributed by atoms with Crippen molar-refractivity contribution in [3.8, 4) is 0 Å². The topological polar surface area (TPSA) is 52.6 Å². The van der Waals surface area contributed by atoms with Gasteiger partial charge in [0.2, 0.25) is 0 Å². The van der Waals surface area contributed by atoms with Gasteiger partial charge in [0.05, 0.1) is 0 Å². The summed E-state index contributed by atoms with van der Waals surface area (Å²) in [4.78, 5) is 0. The average Bonchev–Trinajstić information content (AvgIpc) is 2.38. The van der Waals surface area contributed by atoms with Gasteiger partial charge in [-0.05, 0) is 37.8 Å². The lowest BCUT2D eigenvalue weighted by atomic mass is 10.2. The van der Waals surface area contributed by atoms with E-state index in [9.17, 15) is 8.42 Å². The van der Waals surface area contributed by atoms with Crippen molar-refractivity contribution in [1.82, 2.24) is 0 Å². The first-order valence-electron chi connectivity index (χ1n) is 7.04. The van der Waals surface area contributed by atoms with Crippen LogP contribution in [-0.2, 0) is 18.8 Å². The van der Waals surface area contributed by atoms with Crippen LogP contribution < -0.4 is 0 Å². The summed E-state index contributed by atoms with van der Waals surface area (Å²) in [6.45, 7) is 4.23. The third-order valence-electron chi connectivity index (χ3n) is 2.49. The van der Waals surface area contributed by atoms with Crippen molar-refractivity contribution < 1.29 is 16.8 Å². The minimum Gasteiger partial charge on any atom is -0.361 e. The highest BCUT2D eigenvalue weighted by molar-refractivity contribution is 7.82. The van der Waals surface area contributed by atoms with E-state index < -0.39 is 10.4 Å². The predicted octanol–water partition coefficient (Wildman–Crippen LogP) is 4.45. The third-order valence-corrected chi connectivity index (χ3v) is 3.18. The Morgan fingerprint density at radius 2 is 1.21 bits per heavy atom. The van der Waals surface area contributed by atoms with Crippen molar-refractivity contribution in [3.05, 3.63) is 24.7 Å². The van der Waals surface area contributed by atoms with Gasteiger partial charge in [-0.25, -0.2) is 0 Å². The summed E-state index contributed by atoms with van der Waals surface area (Å²) in [5.41, 5.74) is 0. The Morgan fingerprint density at radius 1 is 0.789 bits per heavy atom. The molecule has 0 aromatic heterocycles. The fraction of sp³-hybridized carbons (Fsp3) is 0.714. The van der Waals surface area contributed by atoms with Gasteiger partial charge in [-0.3, -0.25) is 0 Å². The molecule has 0 unspecified atom stereocenters. The summed E-state index contributed by atoms with van der Waals surface area (Å²) in [6, 6.07) is 0. The van der Waals surface area contributed by atoms with Gasteiger partial charge in [0.1, 0.15) is 12.5 Å². The summed E-state index contributed by atoms with van der Waals surface area (Å²) in [5, 5.41) is 0. The smallest absolute Gasteiger partial charge is 0.361 e. The van der Waals surface area contributed by atoms with E-state index in [0.29, 0.717) is 0 Å². The normalized spacial score (nSPS) is 12.3. The van der Waals surface area contributed by atoms with Gasteiger partial charge in [-0.15, -0.1) is 8.42 Å². The number of unbranched alkanes of at least 4 members (excludes halogenated alkanes) is 6. The van der Waals surface area contributed by atoms with Gasteiger partial charge in [0.15, 0.2) is 0 Å². The highest BCUT2D eigenvalue weighted by atomic mass is 32.3. The summed E-state index contributed by atoms with van der Waals surface area (Å²) in [5.74, 6) is 0. The second-order valence-corrected chi connectivity index (χ2v) is 5.54. The summed E-state index contributed by atoms with van der Waals surface area (Å²) >= 11 is 0. The first-order chi connectivity index (χ1) is 9.12. The van der Waals surface area contributed by atoms with Gasteiger partial charge in [-0.2, -0.15) is 0 Å². The average molecular weight is 290 g/mol. The molecule has 0 saturated heterocycles. The number of allylic oxidation sites excluding steroid dienone is 2. The second-order valence-electron chi connectivity index (χ2n) is 4.34. The van der Waals surface area contributed by atoms with Crippen LogP contribution in [0.3, 0.4) is 0 Å². The van der Waals surface area contributed by atoms with E-state index in [1.54, 1.807) is 12.2 Å². The van der Waals surface area contributed by atoms with Crippen molar-refractivity contribution in [2.24, 2.45) is 0 Å². The standard InChI is InChI=1S/C14H26O4S/c1-3-5-7-9-11-13-17-19(15,16)18-14-12-10-8-6-4-2/h11-14H,3-10H2,1-2H3/b13-11+,14-12+. The molecule has 5 heteroatoms. The molecule has 0 aliphatic carbocycles.